The van der Waals surface area contributed by atoms with E-state index in [9.17, 15) is 23.5 Å². The van der Waals surface area contributed by atoms with E-state index >= 15 is 0 Å². The summed E-state index contributed by atoms with van der Waals surface area (Å²) in [7, 11) is 1.59. The van der Waals surface area contributed by atoms with Crippen LogP contribution in [0.2, 0.25) is 0 Å². The summed E-state index contributed by atoms with van der Waals surface area (Å²) in [5.41, 5.74) is 2.67. The summed E-state index contributed by atoms with van der Waals surface area (Å²) in [4.78, 5) is 33.3. The van der Waals surface area contributed by atoms with Crippen LogP contribution in [0.4, 0.5) is 14.7 Å². The van der Waals surface area contributed by atoms with Gasteiger partial charge in [0.2, 0.25) is 11.9 Å². The second kappa shape index (κ2) is 9.97. The Morgan fingerprint density at radius 2 is 1.95 bits per heavy atom. The van der Waals surface area contributed by atoms with Crippen LogP contribution in [0.25, 0.3) is 22.0 Å². The Bertz CT molecular complexity index is 1520. The van der Waals surface area contributed by atoms with Crippen molar-refractivity contribution in [2.75, 3.05) is 11.9 Å². The van der Waals surface area contributed by atoms with Crippen LogP contribution >= 0.6 is 0 Å². The van der Waals surface area contributed by atoms with Gasteiger partial charge in [-0.2, -0.15) is 8.78 Å². The fourth-order valence-corrected chi connectivity index (χ4v) is 4.41. The molecule has 1 amide bonds. The van der Waals surface area contributed by atoms with Gasteiger partial charge < -0.3 is 20.5 Å². The minimum Gasteiger partial charge on any atom is -0.434 e. The Hall–Kier alpha value is -4.32. The van der Waals surface area contributed by atoms with Crippen molar-refractivity contribution in [3.8, 4) is 16.9 Å². The number of fused-ring (bicyclic) bond motifs is 1. The van der Waals surface area contributed by atoms with E-state index in [2.05, 4.69) is 25.3 Å². The van der Waals surface area contributed by atoms with E-state index in [1.54, 1.807) is 48.4 Å². The summed E-state index contributed by atoms with van der Waals surface area (Å²) < 4.78 is 33.7. The molecular formula is C25H24F2N6O4. The molecule has 2 aromatic carbocycles. The Morgan fingerprint density at radius 3 is 2.62 bits per heavy atom. The highest BCUT2D eigenvalue weighted by Crippen LogP contribution is 2.27. The highest BCUT2D eigenvalue weighted by molar-refractivity contribution is 5.86. The summed E-state index contributed by atoms with van der Waals surface area (Å²) in [5.74, 6) is 0.204. The standard InChI is InChI=1S/C25H24F2N6O4/c1-32-23(36)18-4-3-15(17-10-29-25(30-11-17)31-19-6-7-28-22(19)35)9-20(18)33(32)12-16-8-14(13-34)2-5-21(16)37-24(26)27/h2-5,8-11,19,24,34H,6-7,12-13H2,1H3,(H,28,35)(H,29,30,31). The predicted octanol–water partition coefficient (Wildman–Crippen LogP) is 2.24. The number of ether oxygens (including phenoxy) is 1. The third kappa shape index (κ3) is 4.87. The van der Waals surface area contributed by atoms with Crippen molar-refractivity contribution in [1.82, 2.24) is 24.6 Å². The molecule has 3 heterocycles. The summed E-state index contributed by atoms with van der Waals surface area (Å²) in [5, 5.41) is 15.7. The molecule has 0 saturated carbocycles. The molecule has 5 rings (SSSR count). The maximum Gasteiger partial charge on any atom is 0.387 e. The van der Waals surface area contributed by atoms with Gasteiger partial charge in [-0.1, -0.05) is 12.1 Å². The smallest absolute Gasteiger partial charge is 0.387 e. The first-order valence-corrected chi connectivity index (χ1v) is 11.6. The summed E-state index contributed by atoms with van der Waals surface area (Å²) >= 11 is 0. The Balaban J connectivity index is 1.49. The van der Waals surface area contributed by atoms with Crippen molar-refractivity contribution in [3.05, 3.63) is 70.3 Å². The van der Waals surface area contributed by atoms with Gasteiger partial charge in [0.15, 0.2) is 0 Å². The number of benzene rings is 2. The van der Waals surface area contributed by atoms with E-state index < -0.39 is 6.61 Å². The van der Waals surface area contributed by atoms with Gasteiger partial charge in [-0.3, -0.25) is 19.0 Å². The maximum absolute atomic E-state index is 13.0. The molecule has 10 nitrogen and oxygen atoms in total. The van der Waals surface area contributed by atoms with E-state index in [-0.39, 0.29) is 36.4 Å². The van der Waals surface area contributed by atoms with Gasteiger partial charge in [-0.05, 0) is 41.8 Å². The van der Waals surface area contributed by atoms with Gasteiger partial charge in [-0.25, -0.2) is 9.97 Å². The zero-order chi connectivity index (χ0) is 26.1. The number of aliphatic hydroxyl groups excluding tert-OH is 1. The number of amides is 1. The van der Waals surface area contributed by atoms with E-state index in [1.807, 2.05) is 0 Å². The van der Waals surface area contributed by atoms with Gasteiger partial charge in [0, 0.05) is 37.1 Å². The first-order valence-electron chi connectivity index (χ1n) is 11.6. The van der Waals surface area contributed by atoms with Crippen molar-refractivity contribution in [3.63, 3.8) is 0 Å². The predicted molar refractivity (Wildman–Crippen MR) is 131 cm³/mol. The number of hydrogen-bond acceptors (Lipinski definition) is 7. The van der Waals surface area contributed by atoms with Crippen molar-refractivity contribution < 1.29 is 23.4 Å². The monoisotopic (exact) mass is 510 g/mol. The summed E-state index contributed by atoms with van der Waals surface area (Å²) in [6, 6.07) is 9.36. The molecule has 1 saturated heterocycles. The first-order chi connectivity index (χ1) is 17.8. The normalized spacial score (nSPS) is 15.4. The maximum atomic E-state index is 13.0. The van der Waals surface area contributed by atoms with E-state index in [0.717, 1.165) is 5.56 Å². The molecular weight excluding hydrogens is 486 g/mol. The van der Waals surface area contributed by atoms with Crippen LogP contribution in [0.5, 0.6) is 5.75 Å². The van der Waals surface area contributed by atoms with Crippen LogP contribution in [0.15, 0.2) is 53.6 Å². The molecule has 37 heavy (non-hydrogen) atoms. The number of aromatic nitrogens is 4. The highest BCUT2D eigenvalue weighted by Gasteiger charge is 2.24. The zero-order valence-corrected chi connectivity index (χ0v) is 19.8. The van der Waals surface area contributed by atoms with Crippen molar-refractivity contribution in [1.29, 1.82) is 0 Å². The molecule has 0 bridgehead atoms. The molecule has 12 heteroatoms. The second-order valence-corrected chi connectivity index (χ2v) is 8.67. The molecule has 1 aliphatic rings. The SMILES string of the molecule is Cn1c(=O)c2ccc(-c3cnc(NC4CCNC4=O)nc3)cc2n1Cc1cc(CO)ccc1OC(F)F. The lowest BCUT2D eigenvalue weighted by molar-refractivity contribution is -0.119. The molecule has 1 fully saturated rings. The average Bonchev–Trinajstić information content (AvgIpc) is 3.40. The summed E-state index contributed by atoms with van der Waals surface area (Å²) in [6.07, 6.45) is 3.89. The number of carbonyl (C=O) groups excluding carboxylic acids is 1. The minimum absolute atomic E-state index is 0.0370. The van der Waals surface area contributed by atoms with Crippen molar-refractivity contribution >= 4 is 22.8 Å². The zero-order valence-electron chi connectivity index (χ0n) is 19.8. The molecule has 2 aromatic heterocycles. The highest BCUT2D eigenvalue weighted by atomic mass is 19.3. The minimum atomic E-state index is -3.02. The van der Waals surface area contributed by atoms with Crippen molar-refractivity contribution in [2.24, 2.45) is 7.05 Å². The second-order valence-electron chi connectivity index (χ2n) is 8.67. The van der Waals surface area contributed by atoms with E-state index in [1.165, 1.54) is 16.8 Å². The first kappa shape index (κ1) is 24.4. The lowest BCUT2D eigenvalue weighted by Crippen LogP contribution is -2.30. The number of nitrogens with one attached hydrogen (secondary N) is 2. The van der Waals surface area contributed by atoms with Crippen LogP contribution in [-0.4, -0.2) is 49.5 Å². The van der Waals surface area contributed by atoms with Crippen LogP contribution < -0.4 is 20.9 Å². The Labute approximate surface area is 209 Å². The molecule has 4 aromatic rings. The Morgan fingerprint density at radius 1 is 1.16 bits per heavy atom. The number of alkyl halides is 2. The molecule has 3 N–H and O–H groups in total. The van der Waals surface area contributed by atoms with E-state index in [4.69, 9.17) is 0 Å². The van der Waals surface area contributed by atoms with Crippen molar-refractivity contribution in [2.45, 2.75) is 32.2 Å². The molecule has 192 valence electrons. The number of rotatable bonds is 8. The largest absolute Gasteiger partial charge is 0.434 e. The molecule has 1 atom stereocenters. The van der Waals surface area contributed by atoms with Gasteiger partial charge >= 0.3 is 6.61 Å². The molecule has 0 spiro atoms. The third-order valence-electron chi connectivity index (χ3n) is 6.34. The van der Waals surface area contributed by atoms with Crippen LogP contribution in [0.1, 0.15) is 17.5 Å². The number of nitrogens with zero attached hydrogens (tertiary/aromatic N) is 4. The number of carbonyl (C=O) groups is 1. The summed E-state index contributed by atoms with van der Waals surface area (Å²) in [6.45, 7) is -2.63. The quantitative estimate of drug-likeness (QED) is 0.332. The topological polar surface area (TPSA) is 123 Å². The van der Waals surface area contributed by atoms with Gasteiger partial charge in [-0.15, -0.1) is 0 Å². The molecule has 0 aliphatic carbocycles. The van der Waals surface area contributed by atoms with Crippen LogP contribution in [-0.2, 0) is 25.0 Å². The van der Waals surface area contributed by atoms with Crippen LogP contribution in [0, 0.1) is 0 Å². The number of halogens is 2. The molecule has 0 radical (unpaired) electrons. The van der Waals surface area contributed by atoms with E-state index in [0.29, 0.717) is 46.5 Å². The number of anilines is 1. The molecule has 1 aliphatic heterocycles. The average molecular weight is 511 g/mol. The number of aliphatic hydroxyl groups is 1. The third-order valence-corrected chi connectivity index (χ3v) is 6.34. The van der Waals surface area contributed by atoms with Gasteiger partial charge in [0.05, 0.1) is 24.1 Å². The lowest BCUT2D eigenvalue weighted by Gasteiger charge is -2.15. The Kier molecular flexibility index (Phi) is 6.57. The fourth-order valence-electron chi connectivity index (χ4n) is 4.41. The van der Waals surface area contributed by atoms with Gasteiger partial charge in [0.1, 0.15) is 11.8 Å². The van der Waals surface area contributed by atoms with Crippen LogP contribution in [0.3, 0.4) is 0 Å². The van der Waals surface area contributed by atoms with Gasteiger partial charge in [0.25, 0.3) is 5.56 Å². The fraction of sp³-hybridized carbons (Fsp3) is 0.280. The molecule has 1 unspecified atom stereocenters. The lowest BCUT2D eigenvalue weighted by atomic mass is 10.1. The number of hydrogen-bond donors (Lipinski definition) is 3.